The van der Waals surface area contributed by atoms with Crippen molar-refractivity contribution in [3.05, 3.63) is 35.9 Å². The smallest absolute Gasteiger partial charge is 0.00461 e. The summed E-state index contributed by atoms with van der Waals surface area (Å²) in [6, 6.07) is 11.1. The van der Waals surface area contributed by atoms with Crippen LogP contribution in [0.1, 0.15) is 51.0 Å². The van der Waals surface area contributed by atoms with Gasteiger partial charge in [0.25, 0.3) is 0 Å². The molecule has 5 atom stereocenters. The van der Waals surface area contributed by atoms with Crippen LogP contribution in [0.15, 0.2) is 30.3 Å². The Balaban J connectivity index is 1.68. The van der Waals surface area contributed by atoms with Gasteiger partial charge in [-0.1, -0.05) is 44.2 Å². The third-order valence-electron chi connectivity index (χ3n) is 5.95. The third-order valence-corrected chi connectivity index (χ3v) is 5.95. The Morgan fingerprint density at radius 2 is 1.80 bits per heavy atom. The van der Waals surface area contributed by atoms with Gasteiger partial charge in [0, 0.05) is 0 Å². The Kier molecular flexibility index (Phi) is 4.16. The van der Waals surface area contributed by atoms with Gasteiger partial charge in [-0.3, -0.25) is 0 Å². The first-order chi connectivity index (χ1) is 9.70. The molecule has 1 nitrogen and oxygen atoms in total. The Morgan fingerprint density at radius 1 is 1.05 bits per heavy atom. The maximum atomic E-state index is 6.06. The fourth-order valence-electron chi connectivity index (χ4n) is 4.50. The van der Waals surface area contributed by atoms with Gasteiger partial charge in [-0.15, -0.1) is 0 Å². The molecule has 0 aliphatic heterocycles. The average molecular weight is 271 g/mol. The number of hydrogen-bond donors (Lipinski definition) is 1. The van der Waals surface area contributed by atoms with Gasteiger partial charge in [-0.05, 0) is 73.3 Å². The lowest BCUT2D eigenvalue weighted by atomic mass is 9.68. The van der Waals surface area contributed by atoms with Crippen LogP contribution in [0.2, 0.25) is 0 Å². The monoisotopic (exact) mass is 271 g/mol. The van der Waals surface area contributed by atoms with Gasteiger partial charge in [-0.25, -0.2) is 0 Å². The molecule has 0 spiro atoms. The molecule has 2 aliphatic carbocycles. The summed E-state index contributed by atoms with van der Waals surface area (Å²) in [6.45, 7) is 5.69. The molecule has 1 aromatic carbocycles. The number of nitrogens with two attached hydrogens (primary N) is 1. The Bertz CT molecular complexity index is 425. The summed E-state index contributed by atoms with van der Waals surface area (Å²) in [7, 11) is 0. The van der Waals surface area contributed by atoms with E-state index < -0.39 is 0 Å². The van der Waals surface area contributed by atoms with Crippen molar-refractivity contribution >= 4 is 0 Å². The predicted molar refractivity (Wildman–Crippen MR) is 85.5 cm³/mol. The molecule has 20 heavy (non-hydrogen) atoms. The van der Waals surface area contributed by atoms with Crippen LogP contribution in [0.3, 0.4) is 0 Å². The van der Waals surface area contributed by atoms with Crippen LogP contribution >= 0.6 is 0 Å². The molecular weight excluding hydrogens is 242 g/mol. The van der Waals surface area contributed by atoms with E-state index in [1.807, 2.05) is 0 Å². The van der Waals surface area contributed by atoms with Gasteiger partial charge in [0.1, 0.15) is 0 Å². The first-order valence-corrected chi connectivity index (χ1v) is 8.45. The molecule has 0 saturated heterocycles. The molecule has 1 heteroatoms. The fourth-order valence-corrected chi connectivity index (χ4v) is 4.50. The average Bonchev–Trinajstić information content (AvgIpc) is 3.27. The minimum absolute atomic E-state index is 0.781. The highest BCUT2D eigenvalue weighted by Gasteiger charge is 2.47. The second kappa shape index (κ2) is 5.89. The van der Waals surface area contributed by atoms with E-state index in [0.29, 0.717) is 0 Å². The molecule has 3 rings (SSSR count). The summed E-state index contributed by atoms with van der Waals surface area (Å²) in [5, 5.41) is 0. The van der Waals surface area contributed by atoms with Crippen molar-refractivity contribution in [2.45, 2.75) is 45.4 Å². The van der Waals surface area contributed by atoms with Crippen molar-refractivity contribution in [3.63, 3.8) is 0 Å². The van der Waals surface area contributed by atoms with Crippen LogP contribution in [-0.4, -0.2) is 6.54 Å². The predicted octanol–water partition coefficient (Wildman–Crippen LogP) is 4.44. The van der Waals surface area contributed by atoms with Gasteiger partial charge < -0.3 is 5.73 Å². The van der Waals surface area contributed by atoms with E-state index in [1.54, 1.807) is 5.56 Å². The van der Waals surface area contributed by atoms with E-state index >= 15 is 0 Å². The van der Waals surface area contributed by atoms with E-state index in [2.05, 4.69) is 44.2 Å². The zero-order valence-corrected chi connectivity index (χ0v) is 13.0. The summed E-state index contributed by atoms with van der Waals surface area (Å²) in [4.78, 5) is 0. The maximum Gasteiger partial charge on any atom is -0.00461 e. The highest BCUT2D eigenvalue weighted by Crippen LogP contribution is 2.57. The van der Waals surface area contributed by atoms with E-state index in [9.17, 15) is 0 Å². The maximum absolute atomic E-state index is 6.06. The highest BCUT2D eigenvalue weighted by molar-refractivity contribution is 5.26. The molecule has 0 amide bonds. The molecule has 2 saturated carbocycles. The van der Waals surface area contributed by atoms with Crippen molar-refractivity contribution in [1.29, 1.82) is 0 Å². The normalized spacial score (nSPS) is 37.1. The van der Waals surface area contributed by atoms with Crippen LogP contribution in [0, 0.1) is 29.6 Å². The quantitative estimate of drug-likeness (QED) is 0.861. The van der Waals surface area contributed by atoms with Crippen molar-refractivity contribution < 1.29 is 0 Å². The summed E-state index contributed by atoms with van der Waals surface area (Å²) in [5.41, 5.74) is 7.62. The SMILES string of the molecule is CC(C)C1CCC(CN)C(C2CC2c2ccccc2)C1. The summed E-state index contributed by atoms with van der Waals surface area (Å²) >= 11 is 0. The van der Waals surface area contributed by atoms with Crippen molar-refractivity contribution in [2.75, 3.05) is 6.54 Å². The van der Waals surface area contributed by atoms with Gasteiger partial charge in [0.15, 0.2) is 0 Å². The van der Waals surface area contributed by atoms with Crippen LogP contribution in [0.5, 0.6) is 0 Å². The number of hydrogen-bond acceptors (Lipinski definition) is 1. The van der Waals surface area contributed by atoms with E-state index in [4.69, 9.17) is 5.73 Å². The molecule has 2 N–H and O–H groups in total. The Morgan fingerprint density at radius 3 is 2.45 bits per heavy atom. The van der Waals surface area contributed by atoms with Crippen LogP contribution in [0.4, 0.5) is 0 Å². The van der Waals surface area contributed by atoms with Gasteiger partial charge in [0.2, 0.25) is 0 Å². The first-order valence-electron chi connectivity index (χ1n) is 8.45. The second-order valence-electron chi connectivity index (χ2n) is 7.39. The lowest BCUT2D eigenvalue weighted by Gasteiger charge is -2.38. The molecule has 0 heterocycles. The zero-order chi connectivity index (χ0) is 14.1. The summed E-state index contributed by atoms with van der Waals surface area (Å²) < 4.78 is 0. The van der Waals surface area contributed by atoms with E-state index in [1.165, 1.54) is 25.7 Å². The van der Waals surface area contributed by atoms with Gasteiger partial charge in [-0.2, -0.15) is 0 Å². The van der Waals surface area contributed by atoms with Crippen LogP contribution in [0.25, 0.3) is 0 Å². The third kappa shape index (κ3) is 2.79. The fraction of sp³-hybridized carbons (Fsp3) is 0.684. The van der Waals surface area contributed by atoms with Crippen molar-refractivity contribution in [3.8, 4) is 0 Å². The largest absolute Gasteiger partial charge is 0.330 e. The minimum Gasteiger partial charge on any atom is -0.330 e. The first kappa shape index (κ1) is 14.1. The number of rotatable bonds is 4. The lowest BCUT2D eigenvalue weighted by Crippen LogP contribution is -2.33. The summed E-state index contributed by atoms with van der Waals surface area (Å²) in [5.74, 6) is 5.16. The Hall–Kier alpha value is -0.820. The minimum atomic E-state index is 0.781. The Labute approximate surface area is 124 Å². The topological polar surface area (TPSA) is 26.0 Å². The molecule has 2 aliphatic rings. The number of benzene rings is 1. The second-order valence-corrected chi connectivity index (χ2v) is 7.39. The van der Waals surface area contributed by atoms with Crippen LogP contribution < -0.4 is 5.73 Å². The van der Waals surface area contributed by atoms with Gasteiger partial charge in [0.05, 0.1) is 0 Å². The summed E-state index contributed by atoms with van der Waals surface area (Å²) in [6.07, 6.45) is 5.59. The molecule has 5 unspecified atom stereocenters. The van der Waals surface area contributed by atoms with E-state index in [-0.39, 0.29) is 0 Å². The molecule has 0 radical (unpaired) electrons. The van der Waals surface area contributed by atoms with Crippen molar-refractivity contribution in [2.24, 2.45) is 35.3 Å². The van der Waals surface area contributed by atoms with Crippen molar-refractivity contribution in [1.82, 2.24) is 0 Å². The molecule has 2 fully saturated rings. The van der Waals surface area contributed by atoms with Crippen LogP contribution in [-0.2, 0) is 0 Å². The molecule has 0 aromatic heterocycles. The van der Waals surface area contributed by atoms with Gasteiger partial charge >= 0.3 is 0 Å². The highest BCUT2D eigenvalue weighted by atomic mass is 14.6. The van der Waals surface area contributed by atoms with E-state index in [0.717, 1.165) is 42.1 Å². The zero-order valence-electron chi connectivity index (χ0n) is 13.0. The standard InChI is InChI=1S/C19H29N/c1-13(2)15-8-9-16(12-20)17(10-15)19-11-18(19)14-6-4-3-5-7-14/h3-7,13,15-19H,8-12,20H2,1-2H3. The molecule has 1 aromatic rings. The molecule has 0 bridgehead atoms. The molecular formula is C19H29N. The lowest BCUT2D eigenvalue weighted by molar-refractivity contribution is 0.133. The molecule has 110 valence electrons.